The molecule has 2 nitrogen and oxygen atoms in total. The number of hydrogen-bond acceptors (Lipinski definition) is 2. The summed E-state index contributed by atoms with van der Waals surface area (Å²) in [6.45, 7) is 4.72. The maximum Gasteiger partial charge on any atom is 0.150 e. The van der Waals surface area contributed by atoms with Gasteiger partial charge in [0.2, 0.25) is 0 Å². The molecule has 0 saturated heterocycles. The first-order valence-corrected chi connectivity index (χ1v) is 4.79. The first kappa shape index (κ1) is 10.9. The molecular weight excluding hydrogens is 176 g/mol. The molecule has 0 atom stereocenters. The van der Waals surface area contributed by atoms with E-state index in [1.165, 1.54) is 11.1 Å². The minimum Gasteiger partial charge on any atom is -0.380 e. The van der Waals surface area contributed by atoms with Gasteiger partial charge in [0.15, 0.2) is 0 Å². The molecule has 0 aliphatic rings. The second kappa shape index (κ2) is 4.91. The first-order valence-electron chi connectivity index (χ1n) is 4.79. The Morgan fingerprint density at radius 1 is 1.43 bits per heavy atom. The molecule has 0 bridgehead atoms. The van der Waals surface area contributed by atoms with Crippen LogP contribution in [0.3, 0.4) is 0 Å². The summed E-state index contributed by atoms with van der Waals surface area (Å²) in [6, 6.07) is 3.84. The van der Waals surface area contributed by atoms with Crippen LogP contribution in [-0.2, 0) is 17.8 Å². The third kappa shape index (κ3) is 2.20. The van der Waals surface area contributed by atoms with Gasteiger partial charge >= 0.3 is 0 Å². The summed E-state index contributed by atoms with van der Waals surface area (Å²) in [7, 11) is 1.69. The van der Waals surface area contributed by atoms with Crippen LogP contribution in [0.25, 0.3) is 0 Å². The fourth-order valence-electron chi connectivity index (χ4n) is 1.65. The molecule has 0 fully saturated rings. The molecule has 0 aromatic heterocycles. The van der Waals surface area contributed by atoms with Crippen molar-refractivity contribution in [3.63, 3.8) is 0 Å². The van der Waals surface area contributed by atoms with Crippen LogP contribution in [0.4, 0.5) is 0 Å². The largest absolute Gasteiger partial charge is 0.380 e. The van der Waals surface area contributed by atoms with Gasteiger partial charge in [-0.1, -0.05) is 6.92 Å². The predicted molar refractivity (Wildman–Crippen MR) is 56.7 cm³/mol. The lowest BCUT2D eigenvalue weighted by molar-refractivity contribution is 0.112. The first-order chi connectivity index (χ1) is 6.72. The molecular formula is C12H16O2. The summed E-state index contributed by atoms with van der Waals surface area (Å²) in [6.07, 6.45) is 1.82. The number of benzene rings is 1. The molecule has 1 rings (SSSR count). The normalized spacial score (nSPS) is 10.2. The second-order valence-electron chi connectivity index (χ2n) is 3.38. The Kier molecular flexibility index (Phi) is 3.84. The SMILES string of the molecule is CCc1cc(C=O)cc(C)c1COC. The van der Waals surface area contributed by atoms with E-state index >= 15 is 0 Å². The number of methoxy groups -OCH3 is 1. The molecule has 0 aliphatic carbocycles. The number of ether oxygens (including phenoxy) is 1. The molecule has 0 saturated carbocycles. The number of carbonyl (C=O) groups is 1. The molecule has 76 valence electrons. The summed E-state index contributed by atoms with van der Waals surface area (Å²) < 4.78 is 5.14. The Hall–Kier alpha value is -1.15. The van der Waals surface area contributed by atoms with Gasteiger partial charge in [-0.2, -0.15) is 0 Å². The van der Waals surface area contributed by atoms with Gasteiger partial charge in [-0.15, -0.1) is 0 Å². The van der Waals surface area contributed by atoms with Crippen molar-refractivity contribution in [2.45, 2.75) is 26.9 Å². The Balaban J connectivity index is 3.19. The standard InChI is InChI=1S/C12H16O2/c1-4-11-6-10(7-13)5-9(2)12(11)8-14-3/h5-7H,4,8H2,1-3H3. The van der Waals surface area contributed by atoms with Gasteiger partial charge in [0.05, 0.1) is 6.61 Å². The van der Waals surface area contributed by atoms with Crippen molar-refractivity contribution in [1.29, 1.82) is 0 Å². The average Bonchev–Trinajstić information content (AvgIpc) is 2.20. The van der Waals surface area contributed by atoms with Crippen LogP contribution >= 0.6 is 0 Å². The predicted octanol–water partition coefficient (Wildman–Crippen LogP) is 2.52. The highest BCUT2D eigenvalue weighted by Gasteiger charge is 2.06. The smallest absolute Gasteiger partial charge is 0.150 e. The van der Waals surface area contributed by atoms with Gasteiger partial charge in [0.25, 0.3) is 0 Å². The van der Waals surface area contributed by atoms with Gasteiger partial charge in [-0.05, 0) is 42.2 Å². The lowest BCUT2D eigenvalue weighted by Gasteiger charge is -2.11. The summed E-state index contributed by atoms with van der Waals surface area (Å²) in [5, 5.41) is 0. The fourth-order valence-corrected chi connectivity index (χ4v) is 1.65. The number of carbonyl (C=O) groups excluding carboxylic acids is 1. The zero-order valence-corrected chi connectivity index (χ0v) is 8.96. The van der Waals surface area contributed by atoms with Crippen LogP contribution in [0.15, 0.2) is 12.1 Å². The maximum absolute atomic E-state index is 10.7. The van der Waals surface area contributed by atoms with Crippen molar-refractivity contribution in [3.8, 4) is 0 Å². The minimum atomic E-state index is 0.619. The highest BCUT2D eigenvalue weighted by molar-refractivity contribution is 5.76. The van der Waals surface area contributed by atoms with Crippen molar-refractivity contribution in [2.24, 2.45) is 0 Å². The van der Waals surface area contributed by atoms with E-state index in [0.717, 1.165) is 23.8 Å². The molecule has 0 amide bonds. The van der Waals surface area contributed by atoms with E-state index in [1.54, 1.807) is 7.11 Å². The fraction of sp³-hybridized carbons (Fsp3) is 0.417. The molecule has 0 heterocycles. The quantitative estimate of drug-likeness (QED) is 0.685. The summed E-state index contributed by atoms with van der Waals surface area (Å²) in [4.78, 5) is 10.7. The number of aryl methyl sites for hydroxylation is 2. The van der Waals surface area contributed by atoms with Gasteiger partial charge in [0, 0.05) is 12.7 Å². The highest BCUT2D eigenvalue weighted by atomic mass is 16.5. The van der Waals surface area contributed by atoms with E-state index in [0.29, 0.717) is 6.61 Å². The lowest BCUT2D eigenvalue weighted by atomic mass is 9.98. The third-order valence-electron chi connectivity index (χ3n) is 2.39. The molecule has 14 heavy (non-hydrogen) atoms. The molecule has 0 aliphatic heterocycles. The van der Waals surface area contributed by atoms with Crippen molar-refractivity contribution >= 4 is 6.29 Å². The summed E-state index contributed by atoms with van der Waals surface area (Å²) >= 11 is 0. The summed E-state index contributed by atoms with van der Waals surface area (Å²) in [5.74, 6) is 0. The van der Waals surface area contributed by atoms with Crippen LogP contribution in [-0.4, -0.2) is 13.4 Å². The zero-order chi connectivity index (χ0) is 10.6. The van der Waals surface area contributed by atoms with Crippen LogP contribution in [0.2, 0.25) is 0 Å². The minimum absolute atomic E-state index is 0.619. The maximum atomic E-state index is 10.7. The Morgan fingerprint density at radius 2 is 2.14 bits per heavy atom. The molecule has 0 radical (unpaired) electrons. The highest BCUT2D eigenvalue weighted by Crippen LogP contribution is 2.18. The van der Waals surface area contributed by atoms with Crippen LogP contribution in [0.5, 0.6) is 0 Å². The van der Waals surface area contributed by atoms with E-state index in [2.05, 4.69) is 6.92 Å². The Labute approximate surface area is 84.9 Å². The Morgan fingerprint density at radius 3 is 2.64 bits per heavy atom. The molecule has 0 spiro atoms. The van der Waals surface area contributed by atoms with Crippen LogP contribution < -0.4 is 0 Å². The van der Waals surface area contributed by atoms with Gasteiger partial charge in [-0.25, -0.2) is 0 Å². The molecule has 1 aromatic carbocycles. The number of rotatable bonds is 4. The molecule has 1 aromatic rings. The topological polar surface area (TPSA) is 26.3 Å². The third-order valence-corrected chi connectivity index (χ3v) is 2.39. The van der Waals surface area contributed by atoms with Crippen molar-refractivity contribution in [2.75, 3.05) is 7.11 Å². The van der Waals surface area contributed by atoms with Crippen molar-refractivity contribution in [1.82, 2.24) is 0 Å². The van der Waals surface area contributed by atoms with Crippen LogP contribution in [0.1, 0.15) is 34.0 Å². The van der Waals surface area contributed by atoms with Gasteiger partial charge in [0.1, 0.15) is 6.29 Å². The molecule has 0 N–H and O–H groups in total. The molecule has 0 unspecified atom stereocenters. The van der Waals surface area contributed by atoms with Crippen LogP contribution in [0, 0.1) is 6.92 Å². The summed E-state index contributed by atoms with van der Waals surface area (Å²) in [5.41, 5.74) is 4.29. The van der Waals surface area contributed by atoms with E-state index in [4.69, 9.17) is 4.74 Å². The van der Waals surface area contributed by atoms with Crippen molar-refractivity contribution in [3.05, 3.63) is 34.4 Å². The number of hydrogen-bond donors (Lipinski definition) is 0. The van der Waals surface area contributed by atoms with Crippen molar-refractivity contribution < 1.29 is 9.53 Å². The lowest BCUT2D eigenvalue weighted by Crippen LogP contribution is -2.00. The second-order valence-corrected chi connectivity index (χ2v) is 3.38. The van der Waals surface area contributed by atoms with E-state index in [1.807, 2.05) is 19.1 Å². The van der Waals surface area contributed by atoms with Gasteiger partial charge < -0.3 is 4.74 Å². The van der Waals surface area contributed by atoms with E-state index in [9.17, 15) is 4.79 Å². The van der Waals surface area contributed by atoms with E-state index in [-0.39, 0.29) is 0 Å². The monoisotopic (exact) mass is 192 g/mol. The number of aldehydes is 1. The zero-order valence-electron chi connectivity index (χ0n) is 8.96. The van der Waals surface area contributed by atoms with E-state index < -0.39 is 0 Å². The molecule has 2 heteroatoms. The average molecular weight is 192 g/mol. The van der Waals surface area contributed by atoms with Gasteiger partial charge in [-0.3, -0.25) is 4.79 Å². The Bertz CT molecular complexity index is 329.